The number of aromatic nitrogens is 3. The van der Waals surface area contributed by atoms with Crippen LogP contribution in [0.4, 0.5) is 11.5 Å². The van der Waals surface area contributed by atoms with Crippen molar-refractivity contribution in [2.24, 2.45) is 5.73 Å². The van der Waals surface area contributed by atoms with Crippen LogP contribution in [0.15, 0.2) is 47.5 Å². The highest BCUT2D eigenvalue weighted by molar-refractivity contribution is 9.10. The third-order valence-corrected chi connectivity index (χ3v) is 3.40. The molecule has 3 aromatic rings. The van der Waals surface area contributed by atoms with Crippen molar-refractivity contribution in [1.82, 2.24) is 14.4 Å². The Morgan fingerprint density at radius 2 is 2.00 bits per heavy atom. The molecule has 1 amide bonds. The number of carbonyl (C=O) groups is 1. The Morgan fingerprint density at radius 3 is 2.70 bits per heavy atom. The van der Waals surface area contributed by atoms with Crippen LogP contribution in [0.3, 0.4) is 0 Å². The van der Waals surface area contributed by atoms with Gasteiger partial charge in [-0.3, -0.25) is 9.20 Å². The Kier molecular flexibility index (Phi) is 3.11. The summed E-state index contributed by atoms with van der Waals surface area (Å²) >= 11 is 3.41. The van der Waals surface area contributed by atoms with Gasteiger partial charge in [0.05, 0.1) is 6.20 Å². The lowest BCUT2D eigenvalue weighted by Gasteiger charge is -2.07. The van der Waals surface area contributed by atoms with E-state index in [2.05, 4.69) is 31.2 Å². The number of primary amides is 1. The van der Waals surface area contributed by atoms with E-state index in [-0.39, 0.29) is 0 Å². The topological polar surface area (TPSA) is 85.3 Å². The van der Waals surface area contributed by atoms with Gasteiger partial charge in [-0.1, -0.05) is 0 Å². The van der Waals surface area contributed by atoms with Crippen molar-refractivity contribution in [3.05, 3.63) is 53.0 Å². The molecule has 7 heteroatoms. The Hall–Kier alpha value is -2.41. The molecule has 0 fully saturated rings. The second kappa shape index (κ2) is 4.93. The lowest BCUT2D eigenvalue weighted by Crippen LogP contribution is -2.10. The van der Waals surface area contributed by atoms with Gasteiger partial charge in [-0.15, -0.1) is 0 Å². The molecular formula is C13H10BrN5O. The summed E-state index contributed by atoms with van der Waals surface area (Å²) in [5, 5.41) is 3.16. The summed E-state index contributed by atoms with van der Waals surface area (Å²) < 4.78 is 2.72. The number of halogens is 1. The van der Waals surface area contributed by atoms with Crippen molar-refractivity contribution in [1.29, 1.82) is 0 Å². The smallest absolute Gasteiger partial charge is 0.248 e. The first-order chi connectivity index (χ1) is 9.65. The number of anilines is 2. The number of hydrogen-bond acceptors (Lipinski definition) is 4. The molecule has 3 rings (SSSR count). The number of nitrogens with one attached hydrogen (secondary N) is 1. The maximum absolute atomic E-state index is 11.0. The van der Waals surface area contributed by atoms with Gasteiger partial charge < -0.3 is 11.1 Å². The number of nitrogens with zero attached hydrogens (tertiary/aromatic N) is 3. The summed E-state index contributed by atoms with van der Waals surface area (Å²) in [7, 11) is 0. The van der Waals surface area contributed by atoms with Gasteiger partial charge in [0.15, 0.2) is 11.5 Å². The first-order valence-electron chi connectivity index (χ1n) is 5.79. The van der Waals surface area contributed by atoms with Crippen molar-refractivity contribution < 1.29 is 4.79 Å². The van der Waals surface area contributed by atoms with Gasteiger partial charge >= 0.3 is 0 Å². The van der Waals surface area contributed by atoms with E-state index >= 15 is 0 Å². The molecule has 20 heavy (non-hydrogen) atoms. The second-order valence-corrected chi connectivity index (χ2v) is 4.93. The third-order valence-electron chi connectivity index (χ3n) is 2.82. The molecule has 2 heterocycles. The Morgan fingerprint density at radius 1 is 1.25 bits per heavy atom. The van der Waals surface area contributed by atoms with Crippen LogP contribution in [0, 0.1) is 0 Å². The fourth-order valence-corrected chi connectivity index (χ4v) is 2.22. The number of imidazole rings is 1. The van der Waals surface area contributed by atoms with Crippen molar-refractivity contribution in [3.63, 3.8) is 0 Å². The first kappa shape index (κ1) is 12.6. The van der Waals surface area contributed by atoms with E-state index < -0.39 is 5.91 Å². The number of nitrogens with two attached hydrogens (primary N) is 1. The summed E-state index contributed by atoms with van der Waals surface area (Å²) in [5.74, 6) is 0.180. The molecule has 0 aliphatic rings. The van der Waals surface area contributed by atoms with E-state index in [0.29, 0.717) is 17.0 Å². The standard InChI is InChI=1S/C13H10BrN5O/c14-10-7-17-13-12(16-5-6-19(10)13)18-9-3-1-8(2-4-9)11(15)20/h1-7H,(H2,15,20)(H,16,18). The minimum absolute atomic E-state index is 0.450. The summed E-state index contributed by atoms with van der Waals surface area (Å²) in [4.78, 5) is 19.6. The van der Waals surface area contributed by atoms with E-state index in [1.807, 2.05) is 10.6 Å². The number of benzene rings is 1. The molecular weight excluding hydrogens is 322 g/mol. The van der Waals surface area contributed by atoms with Crippen LogP contribution in [0.1, 0.15) is 10.4 Å². The molecule has 0 spiro atoms. The number of fused-ring (bicyclic) bond motifs is 1. The molecule has 3 N–H and O–H groups in total. The zero-order chi connectivity index (χ0) is 14.1. The molecule has 0 bridgehead atoms. The Bertz CT molecular complexity index is 781. The minimum Gasteiger partial charge on any atom is -0.366 e. The number of amides is 1. The van der Waals surface area contributed by atoms with Gasteiger partial charge in [-0.05, 0) is 40.2 Å². The summed E-state index contributed by atoms with van der Waals surface area (Å²) in [6.07, 6.45) is 5.20. The molecule has 0 unspecified atom stereocenters. The molecule has 0 saturated heterocycles. The lowest BCUT2D eigenvalue weighted by atomic mass is 10.2. The van der Waals surface area contributed by atoms with Gasteiger partial charge in [0.25, 0.3) is 0 Å². The molecule has 2 aromatic heterocycles. The molecule has 0 aliphatic carbocycles. The molecule has 100 valence electrons. The van der Waals surface area contributed by atoms with Crippen molar-refractivity contribution in [3.8, 4) is 0 Å². The zero-order valence-corrected chi connectivity index (χ0v) is 11.8. The van der Waals surface area contributed by atoms with Gasteiger partial charge in [0, 0.05) is 23.6 Å². The van der Waals surface area contributed by atoms with Gasteiger partial charge in [-0.25, -0.2) is 9.97 Å². The van der Waals surface area contributed by atoms with Crippen molar-refractivity contribution in [2.45, 2.75) is 0 Å². The van der Waals surface area contributed by atoms with Crippen LogP contribution in [0.5, 0.6) is 0 Å². The summed E-state index contributed by atoms with van der Waals surface area (Å²) in [6, 6.07) is 6.85. The van der Waals surface area contributed by atoms with Crippen LogP contribution < -0.4 is 11.1 Å². The van der Waals surface area contributed by atoms with Gasteiger partial charge in [-0.2, -0.15) is 0 Å². The highest BCUT2D eigenvalue weighted by Gasteiger charge is 2.07. The quantitative estimate of drug-likeness (QED) is 0.771. The number of rotatable bonds is 3. The van der Waals surface area contributed by atoms with Crippen LogP contribution in [-0.2, 0) is 0 Å². The van der Waals surface area contributed by atoms with Crippen LogP contribution in [0.2, 0.25) is 0 Å². The lowest BCUT2D eigenvalue weighted by molar-refractivity contribution is 0.100. The van der Waals surface area contributed by atoms with Gasteiger partial charge in [0.1, 0.15) is 4.60 Å². The largest absolute Gasteiger partial charge is 0.366 e. The maximum Gasteiger partial charge on any atom is 0.248 e. The van der Waals surface area contributed by atoms with Crippen molar-refractivity contribution in [2.75, 3.05) is 5.32 Å². The van der Waals surface area contributed by atoms with Crippen LogP contribution in [-0.4, -0.2) is 20.3 Å². The minimum atomic E-state index is -0.450. The van der Waals surface area contributed by atoms with E-state index in [1.54, 1.807) is 36.7 Å². The number of carbonyl (C=O) groups excluding carboxylic acids is 1. The predicted octanol–water partition coefficient (Wildman–Crippen LogP) is 2.33. The molecule has 0 radical (unpaired) electrons. The highest BCUT2D eigenvalue weighted by atomic mass is 79.9. The fourth-order valence-electron chi connectivity index (χ4n) is 1.83. The molecule has 0 aliphatic heterocycles. The second-order valence-electron chi connectivity index (χ2n) is 4.12. The fraction of sp³-hybridized carbons (Fsp3) is 0. The number of hydrogen-bond donors (Lipinski definition) is 2. The zero-order valence-electron chi connectivity index (χ0n) is 10.2. The first-order valence-corrected chi connectivity index (χ1v) is 6.59. The third kappa shape index (κ3) is 2.23. The van der Waals surface area contributed by atoms with E-state index in [4.69, 9.17) is 5.73 Å². The molecule has 0 atom stereocenters. The predicted molar refractivity (Wildman–Crippen MR) is 78.9 cm³/mol. The maximum atomic E-state index is 11.0. The molecule has 6 nitrogen and oxygen atoms in total. The highest BCUT2D eigenvalue weighted by Crippen LogP contribution is 2.21. The molecule has 1 aromatic carbocycles. The summed E-state index contributed by atoms with van der Waals surface area (Å²) in [6.45, 7) is 0. The Balaban J connectivity index is 1.95. The monoisotopic (exact) mass is 331 g/mol. The average molecular weight is 332 g/mol. The van der Waals surface area contributed by atoms with E-state index in [1.165, 1.54) is 0 Å². The van der Waals surface area contributed by atoms with Gasteiger partial charge in [0.2, 0.25) is 5.91 Å². The van der Waals surface area contributed by atoms with Crippen molar-refractivity contribution >= 4 is 39.0 Å². The SMILES string of the molecule is NC(=O)c1ccc(Nc2nccn3c(Br)cnc23)cc1. The van der Waals surface area contributed by atoms with Crippen LogP contribution in [0.25, 0.3) is 5.65 Å². The Labute approximate surface area is 122 Å². The summed E-state index contributed by atoms with van der Waals surface area (Å²) in [5.41, 5.74) is 7.17. The van der Waals surface area contributed by atoms with E-state index in [9.17, 15) is 4.79 Å². The van der Waals surface area contributed by atoms with E-state index in [0.717, 1.165) is 10.3 Å². The van der Waals surface area contributed by atoms with Crippen LogP contribution >= 0.6 is 15.9 Å². The average Bonchev–Trinajstić information content (AvgIpc) is 2.82. The molecule has 0 saturated carbocycles. The normalized spacial score (nSPS) is 10.7.